The van der Waals surface area contributed by atoms with Crippen molar-refractivity contribution in [2.75, 3.05) is 0 Å². The van der Waals surface area contributed by atoms with Crippen molar-refractivity contribution in [1.29, 1.82) is 0 Å². The molecule has 0 bridgehead atoms. The Morgan fingerprint density at radius 1 is 1.32 bits per heavy atom. The number of aromatic nitrogens is 2. The molecular weight excluding hydrogens is 360 g/mol. The summed E-state index contributed by atoms with van der Waals surface area (Å²) in [5, 5.41) is 0. The normalized spacial score (nSPS) is 13.1. The molecule has 22 heavy (non-hydrogen) atoms. The number of benzene rings is 1. The van der Waals surface area contributed by atoms with Gasteiger partial charge in [0.05, 0.1) is 8.07 Å². The van der Waals surface area contributed by atoms with Crippen LogP contribution in [0.4, 0.5) is 0 Å². The van der Waals surface area contributed by atoms with E-state index in [4.69, 9.17) is 4.74 Å². The van der Waals surface area contributed by atoms with E-state index in [0.29, 0.717) is 12.6 Å². The lowest BCUT2D eigenvalue weighted by molar-refractivity contribution is 0.0536. The van der Waals surface area contributed by atoms with E-state index in [-0.39, 0.29) is 5.73 Å². The summed E-state index contributed by atoms with van der Waals surface area (Å²) < 4.78 is 8.50. The minimum Gasteiger partial charge on any atom is -0.361 e. The maximum Gasteiger partial charge on any atom is 0.185 e. The Morgan fingerprint density at radius 2 is 1.95 bits per heavy atom. The smallest absolute Gasteiger partial charge is 0.185 e. The first kappa shape index (κ1) is 17.1. The minimum absolute atomic E-state index is 0.196. The molecule has 0 radical (unpaired) electrons. The average molecular weight is 381 g/mol. The molecule has 2 rings (SSSR count). The Hall–Kier alpha value is -1.24. The molecule has 0 aliphatic heterocycles. The number of ether oxygens (including phenoxy) is 1. The van der Waals surface area contributed by atoms with E-state index in [9.17, 15) is 4.79 Å². The van der Waals surface area contributed by atoms with Crippen molar-refractivity contribution in [3.05, 3.63) is 40.8 Å². The zero-order chi connectivity index (χ0) is 16.3. The van der Waals surface area contributed by atoms with E-state index < -0.39 is 8.07 Å². The van der Waals surface area contributed by atoms with Gasteiger partial charge in [-0.3, -0.25) is 9.36 Å². The van der Waals surface area contributed by atoms with Crippen LogP contribution in [0.1, 0.15) is 17.5 Å². The fraction of sp³-hybridized carbons (Fsp3) is 0.375. The highest BCUT2D eigenvalue weighted by atomic mass is 79.9. The molecular formula is C16H21BrN2O2Si. The van der Waals surface area contributed by atoms with Gasteiger partial charge in [0.1, 0.15) is 17.0 Å². The lowest BCUT2D eigenvalue weighted by Gasteiger charge is -2.25. The maximum atomic E-state index is 11.3. The van der Waals surface area contributed by atoms with Crippen molar-refractivity contribution in [2.45, 2.75) is 39.0 Å². The van der Waals surface area contributed by atoms with Crippen molar-refractivity contribution in [2.24, 2.45) is 0 Å². The van der Waals surface area contributed by atoms with Gasteiger partial charge < -0.3 is 4.74 Å². The zero-order valence-electron chi connectivity index (χ0n) is 13.3. The van der Waals surface area contributed by atoms with Crippen molar-refractivity contribution in [1.82, 2.24) is 9.55 Å². The Kier molecular flexibility index (Phi) is 5.36. The van der Waals surface area contributed by atoms with Crippen molar-refractivity contribution in [3.63, 3.8) is 0 Å². The van der Waals surface area contributed by atoms with Crippen LogP contribution in [0.2, 0.25) is 19.6 Å². The van der Waals surface area contributed by atoms with Crippen LogP contribution in [0.15, 0.2) is 34.9 Å². The highest BCUT2D eigenvalue weighted by Crippen LogP contribution is 2.28. The molecule has 0 aliphatic rings. The van der Waals surface area contributed by atoms with Crippen LogP contribution in [0.5, 0.6) is 0 Å². The van der Waals surface area contributed by atoms with E-state index in [1.165, 1.54) is 0 Å². The van der Waals surface area contributed by atoms with Gasteiger partial charge in [0, 0.05) is 11.3 Å². The molecule has 0 spiro atoms. The number of carbonyl (C=O) groups excluding carboxylic acids is 1. The molecule has 0 aliphatic carbocycles. The fourth-order valence-electron chi connectivity index (χ4n) is 1.88. The molecule has 0 saturated heterocycles. The topological polar surface area (TPSA) is 44.1 Å². The first-order valence-electron chi connectivity index (χ1n) is 7.23. The number of hydrogen-bond acceptors (Lipinski definition) is 3. The number of rotatable bonds is 6. The van der Waals surface area contributed by atoms with Gasteiger partial charge >= 0.3 is 0 Å². The van der Waals surface area contributed by atoms with Gasteiger partial charge in [0.25, 0.3) is 0 Å². The Bertz CT molecular complexity index is 650. The van der Waals surface area contributed by atoms with Gasteiger partial charge in [0.15, 0.2) is 12.1 Å². The predicted octanol–water partition coefficient (Wildman–Crippen LogP) is 4.37. The van der Waals surface area contributed by atoms with Crippen LogP contribution in [0.3, 0.4) is 0 Å². The van der Waals surface area contributed by atoms with Crippen molar-refractivity contribution >= 4 is 30.3 Å². The van der Waals surface area contributed by atoms with E-state index in [2.05, 4.69) is 47.5 Å². The number of nitrogens with zero attached hydrogens (tertiary/aromatic N) is 2. The van der Waals surface area contributed by atoms with Crippen LogP contribution in [-0.2, 0) is 11.5 Å². The quantitative estimate of drug-likeness (QED) is 0.552. The zero-order valence-corrected chi connectivity index (χ0v) is 15.9. The lowest BCUT2D eigenvalue weighted by atomic mass is 10.2. The summed E-state index contributed by atoms with van der Waals surface area (Å²) >= 11 is 3.55. The molecule has 1 atom stereocenters. The summed E-state index contributed by atoms with van der Waals surface area (Å²) in [6.07, 6.45) is 0.764. The van der Waals surface area contributed by atoms with Crippen LogP contribution in [0.25, 0.3) is 11.3 Å². The number of aldehydes is 1. The van der Waals surface area contributed by atoms with Gasteiger partial charge in [-0.2, -0.15) is 0 Å². The molecule has 1 heterocycles. The largest absolute Gasteiger partial charge is 0.361 e. The molecule has 1 aromatic carbocycles. The summed E-state index contributed by atoms with van der Waals surface area (Å²) in [7, 11) is -1.38. The van der Waals surface area contributed by atoms with Crippen molar-refractivity contribution < 1.29 is 9.53 Å². The first-order valence-corrected chi connectivity index (χ1v) is 11.6. The third kappa shape index (κ3) is 3.74. The summed E-state index contributed by atoms with van der Waals surface area (Å²) in [5.41, 5.74) is 1.92. The number of carbonyl (C=O) groups is 1. The maximum absolute atomic E-state index is 11.3. The third-order valence-electron chi connectivity index (χ3n) is 3.76. The molecule has 2 aromatic rings. The monoisotopic (exact) mass is 380 g/mol. The van der Waals surface area contributed by atoms with Gasteiger partial charge in [-0.1, -0.05) is 50.0 Å². The first-order chi connectivity index (χ1) is 10.3. The Balaban J connectivity index is 2.29. The average Bonchev–Trinajstić information content (AvgIpc) is 2.81. The molecule has 0 saturated carbocycles. The van der Waals surface area contributed by atoms with Crippen LogP contribution < -0.4 is 0 Å². The van der Waals surface area contributed by atoms with Gasteiger partial charge in [0.2, 0.25) is 0 Å². The van der Waals surface area contributed by atoms with Gasteiger partial charge in [-0.15, -0.1) is 0 Å². The molecule has 4 nitrogen and oxygen atoms in total. The second-order valence-electron chi connectivity index (χ2n) is 6.33. The van der Waals surface area contributed by atoms with E-state index >= 15 is 0 Å². The lowest BCUT2D eigenvalue weighted by Crippen LogP contribution is -2.38. The Labute approximate surface area is 140 Å². The Morgan fingerprint density at radius 3 is 2.50 bits per heavy atom. The summed E-state index contributed by atoms with van der Waals surface area (Å²) in [6, 6.07) is 9.79. The van der Waals surface area contributed by atoms with Gasteiger partial charge in [-0.05, 0) is 22.9 Å². The van der Waals surface area contributed by atoms with Crippen LogP contribution in [-0.4, -0.2) is 29.6 Å². The molecule has 1 unspecified atom stereocenters. The minimum atomic E-state index is -1.38. The molecule has 118 valence electrons. The molecule has 0 fully saturated rings. The molecule has 1 aromatic heterocycles. The molecule has 6 heteroatoms. The molecule has 0 amide bonds. The number of imidazole rings is 1. The van der Waals surface area contributed by atoms with E-state index in [1.807, 2.05) is 30.3 Å². The standard InChI is InChI=1S/C16H21BrN2O2Si/c1-12(22(2,3)4)21-11-19-14(10-20)18-15(16(19)17)13-8-6-5-7-9-13/h5-10,12H,11H2,1-4H3. The van der Waals surface area contributed by atoms with E-state index in [1.54, 1.807) is 4.57 Å². The molecule has 0 N–H and O–H groups in total. The number of halogens is 1. The summed E-state index contributed by atoms with van der Waals surface area (Å²) in [4.78, 5) is 15.7. The van der Waals surface area contributed by atoms with Crippen molar-refractivity contribution in [3.8, 4) is 11.3 Å². The van der Waals surface area contributed by atoms with Crippen LogP contribution in [0, 0.1) is 0 Å². The predicted molar refractivity (Wildman–Crippen MR) is 94.6 cm³/mol. The third-order valence-corrected chi connectivity index (χ3v) is 7.17. The van der Waals surface area contributed by atoms with Crippen LogP contribution >= 0.6 is 15.9 Å². The van der Waals surface area contributed by atoms with E-state index in [0.717, 1.165) is 22.1 Å². The van der Waals surface area contributed by atoms with Gasteiger partial charge in [-0.25, -0.2) is 4.98 Å². The fourth-order valence-corrected chi connectivity index (χ4v) is 3.05. The highest BCUT2D eigenvalue weighted by Gasteiger charge is 2.24. The summed E-state index contributed by atoms with van der Waals surface area (Å²) in [6.45, 7) is 9.19. The second kappa shape index (κ2) is 6.89. The second-order valence-corrected chi connectivity index (χ2v) is 12.6. The summed E-state index contributed by atoms with van der Waals surface area (Å²) in [5.74, 6) is 0.369. The highest BCUT2D eigenvalue weighted by molar-refractivity contribution is 9.10. The SMILES string of the molecule is CC(OCn1c(C=O)nc(-c2ccccc2)c1Br)[Si](C)(C)C. The number of hydrogen-bond donors (Lipinski definition) is 0.